The Kier molecular flexibility index (Phi) is 4.54. The lowest BCUT2D eigenvalue weighted by molar-refractivity contribution is -0.132. The van der Waals surface area contributed by atoms with Crippen LogP contribution in [-0.4, -0.2) is 31.2 Å². The predicted octanol–water partition coefficient (Wildman–Crippen LogP) is 0.511. The predicted molar refractivity (Wildman–Crippen MR) is 59.3 cm³/mol. The van der Waals surface area contributed by atoms with Gasteiger partial charge in [-0.05, 0) is 18.3 Å². The van der Waals surface area contributed by atoms with Gasteiger partial charge >= 0.3 is 0 Å². The van der Waals surface area contributed by atoms with Crippen LogP contribution >= 0.6 is 0 Å². The summed E-state index contributed by atoms with van der Waals surface area (Å²) in [6, 6.07) is 0.0499. The van der Waals surface area contributed by atoms with Crippen molar-refractivity contribution in [3.05, 3.63) is 0 Å². The number of carbonyl (C=O) groups is 1. The largest absolute Gasteiger partial charge is 0.368 e. The fourth-order valence-electron chi connectivity index (χ4n) is 1.79. The molecule has 1 aliphatic heterocycles. The molecule has 3 unspecified atom stereocenters. The van der Waals surface area contributed by atoms with Crippen LogP contribution in [0.1, 0.15) is 27.2 Å². The first kappa shape index (κ1) is 12.5. The molecule has 3 N–H and O–H groups in total. The summed E-state index contributed by atoms with van der Waals surface area (Å²) < 4.78 is 5.40. The normalized spacial score (nSPS) is 28.1. The molecule has 0 saturated carbocycles. The minimum Gasteiger partial charge on any atom is -0.368 e. The maximum atomic E-state index is 11.8. The van der Waals surface area contributed by atoms with E-state index in [2.05, 4.69) is 19.2 Å². The molecule has 1 fully saturated rings. The minimum absolute atomic E-state index is 0.0100. The summed E-state index contributed by atoms with van der Waals surface area (Å²) >= 11 is 0. The summed E-state index contributed by atoms with van der Waals surface area (Å²) in [6.45, 7) is 7.32. The first-order valence-corrected chi connectivity index (χ1v) is 5.68. The summed E-state index contributed by atoms with van der Waals surface area (Å²) in [6.07, 6.45) is 0.686. The van der Waals surface area contributed by atoms with E-state index in [9.17, 15) is 4.79 Å². The van der Waals surface area contributed by atoms with E-state index in [0.717, 1.165) is 6.42 Å². The van der Waals surface area contributed by atoms with E-state index in [1.165, 1.54) is 0 Å². The molecule has 15 heavy (non-hydrogen) atoms. The third-order valence-electron chi connectivity index (χ3n) is 3.03. The van der Waals surface area contributed by atoms with Crippen LogP contribution in [0, 0.1) is 11.8 Å². The van der Waals surface area contributed by atoms with E-state index >= 15 is 0 Å². The van der Waals surface area contributed by atoms with Gasteiger partial charge in [-0.15, -0.1) is 0 Å². The average Bonchev–Trinajstić information content (AvgIpc) is 2.60. The molecule has 1 heterocycles. The number of nitrogens with two attached hydrogens (primary N) is 1. The molecule has 0 aromatic carbocycles. The topological polar surface area (TPSA) is 64.3 Å². The van der Waals surface area contributed by atoms with E-state index in [1.807, 2.05) is 6.92 Å². The van der Waals surface area contributed by atoms with Gasteiger partial charge in [-0.3, -0.25) is 4.79 Å². The molecule has 3 atom stereocenters. The van der Waals surface area contributed by atoms with Crippen molar-refractivity contribution in [1.82, 2.24) is 5.32 Å². The van der Waals surface area contributed by atoms with Crippen molar-refractivity contribution < 1.29 is 9.53 Å². The Morgan fingerprint density at radius 2 is 2.27 bits per heavy atom. The SMILES string of the molecule is CC(C)C(CN)NC(=O)C1OCCC1C. The molecule has 1 aliphatic rings. The third kappa shape index (κ3) is 3.18. The lowest BCUT2D eigenvalue weighted by Crippen LogP contribution is -2.48. The smallest absolute Gasteiger partial charge is 0.249 e. The zero-order chi connectivity index (χ0) is 11.4. The van der Waals surface area contributed by atoms with Gasteiger partial charge in [0.2, 0.25) is 5.91 Å². The Bertz CT molecular complexity index is 219. The monoisotopic (exact) mass is 214 g/mol. The summed E-state index contributed by atoms with van der Waals surface area (Å²) in [5.41, 5.74) is 5.60. The van der Waals surface area contributed by atoms with E-state index in [1.54, 1.807) is 0 Å². The number of amides is 1. The molecule has 4 nitrogen and oxygen atoms in total. The molecule has 1 amide bonds. The lowest BCUT2D eigenvalue weighted by Gasteiger charge is -2.23. The van der Waals surface area contributed by atoms with Crippen LogP contribution in [0.2, 0.25) is 0 Å². The lowest BCUT2D eigenvalue weighted by atomic mass is 10.0. The number of hydrogen-bond donors (Lipinski definition) is 2. The Balaban J connectivity index is 2.46. The van der Waals surface area contributed by atoms with Crippen LogP contribution in [0.3, 0.4) is 0 Å². The van der Waals surface area contributed by atoms with Gasteiger partial charge in [0, 0.05) is 19.2 Å². The fraction of sp³-hybridized carbons (Fsp3) is 0.909. The molecule has 1 rings (SSSR count). The molecular formula is C11H22N2O2. The summed E-state index contributed by atoms with van der Waals surface area (Å²) in [7, 11) is 0. The number of hydrogen-bond acceptors (Lipinski definition) is 3. The van der Waals surface area contributed by atoms with Crippen LogP contribution in [0.5, 0.6) is 0 Å². The van der Waals surface area contributed by atoms with E-state index in [-0.39, 0.29) is 18.1 Å². The van der Waals surface area contributed by atoms with E-state index in [0.29, 0.717) is 25.0 Å². The Labute approximate surface area is 91.5 Å². The molecule has 0 aliphatic carbocycles. The van der Waals surface area contributed by atoms with Crippen molar-refractivity contribution in [2.75, 3.05) is 13.2 Å². The number of rotatable bonds is 4. The van der Waals surface area contributed by atoms with Gasteiger partial charge in [-0.1, -0.05) is 20.8 Å². The quantitative estimate of drug-likeness (QED) is 0.716. The second-order valence-corrected chi connectivity index (χ2v) is 4.65. The fourth-order valence-corrected chi connectivity index (χ4v) is 1.79. The van der Waals surface area contributed by atoms with Crippen LogP contribution in [0.4, 0.5) is 0 Å². The Hall–Kier alpha value is -0.610. The van der Waals surface area contributed by atoms with Crippen LogP contribution < -0.4 is 11.1 Å². The molecule has 1 saturated heterocycles. The highest BCUT2D eigenvalue weighted by atomic mass is 16.5. The first-order valence-electron chi connectivity index (χ1n) is 5.68. The molecule has 88 valence electrons. The van der Waals surface area contributed by atoms with Crippen molar-refractivity contribution in [3.8, 4) is 0 Å². The van der Waals surface area contributed by atoms with Crippen molar-refractivity contribution in [1.29, 1.82) is 0 Å². The number of ether oxygens (including phenoxy) is 1. The molecule has 4 heteroatoms. The second kappa shape index (κ2) is 5.47. The van der Waals surface area contributed by atoms with Crippen molar-refractivity contribution in [3.63, 3.8) is 0 Å². The average molecular weight is 214 g/mol. The minimum atomic E-state index is -0.280. The van der Waals surface area contributed by atoms with Gasteiger partial charge in [0.05, 0.1) is 0 Å². The molecule has 0 bridgehead atoms. The standard InChI is InChI=1S/C11H22N2O2/c1-7(2)9(6-12)13-11(14)10-8(3)4-5-15-10/h7-10H,4-6,12H2,1-3H3,(H,13,14). The van der Waals surface area contributed by atoms with Crippen LogP contribution in [0.25, 0.3) is 0 Å². The zero-order valence-electron chi connectivity index (χ0n) is 9.82. The van der Waals surface area contributed by atoms with Crippen molar-refractivity contribution in [2.24, 2.45) is 17.6 Å². The van der Waals surface area contributed by atoms with E-state index < -0.39 is 0 Å². The molecule has 0 aromatic heterocycles. The summed E-state index contributed by atoms with van der Waals surface area (Å²) in [5, 5.41) is 2.95. The maximum Gasteiger partial charge on any atom is 0.249 e. The summed E-state index contributed by atoms with van der Waals surface area (Å²) in [5.74, 6) is 0.662. The van der Waals surface area contributed by atoms with Crippen LogP contribution in [0.15, 0.2) is 0 Å². The first-order chi connectivity index (χ1) is 7.06. The van der Waals surface area contributed by atoms with Gasteiger partial charge in [0.25, 0.3) is 0 Å². The maximum absolute atomic E-state index is 11.8. The third-order valence-corrected chi connectivity index (χ3v) is 3.03. The highest BCUT2D eigenvalue weighted by Crippen LogP contribution is 2.20. The Morgan fingerprint density at radius 3 is 2.67 bits per heavy atom. The Morgan fingerprint density at radius 1 is 1.60 bits per heavy atom. The second-order valence-electron chi connectivity index (χ2n) is 4.65. The highest BCUT2D eigenvalue weighted by molar-refractivity contribution is 5.81. The van der Waals surface area contributed by atoms with Crippen LogP contribution in [-0.2, 0) is 9.53 Å². The highest BCUT2D eigenvalue weighted by Gasteiger charge is 2.32. The van der Waals surface area contributed by atoms with Gasteiger partial charge in [-0.2, -0.15) is 0 Å². The molecule has 0 spiro atoms. The van der Waals surface area contributed by atoms with Gasteiger partial charge in [0.1, 0.15) is 6.10 Å². The van der Waals surface area contributed by atoms with Gasteiger partial charge < -0.3 is 15.8 Å². The molecular weight excluding hydrogens is 192 g/mol. The number of nitrogens with one attached hydrogen (secondary N) is 1. The zero-order valence-corrected chi connectivity index (χ0v) is 9.82. The van der Waals surface area contributed by atoms with Crippen molar-refractivity contribution >= 4 is 5.91 Å². The van der Waals surface area contributed by atoms with Gasteiger partial charge in [-0.25, -0.2) is 0 Å². The molecule has 0 radical (unpaired) electrons. The number of carbonyl (C=O) groups excluding carboxylic acids is 1. The molecule has 0 aromatic rings. The van der Waals surface area contributed by atoms with E-state index in [4.69, 9.17) is 10.5 Å². The summed E-state index contributed by atoms with van der Waals surface area (Å²) in [4.78, 5) is 11.8. The van der Waals surface area contributed by atoms with Gasteiger partial charge in [0.15, 0.2) is 0 Å². The van der Waals surface area contributed by atoms with Crippen molar-refractivity contribution in [2.45, 2.75) is 39.3 Å².